The second-order valence-corrected chi connectivity index (χ2v) is 6.15. The molecule has 2 aromatic heterocycles. The molecule has 1 aliphatic heterocycles. The van der Waals surface area contributed by atoms with Gasteiger partial charge in [0, 0.05) is 43.5 Å². The number of hydrogen-bond donors (Lipinski definition) is 1. The zero-order valence-electron chi connectivity index (χ0n) is 13.6. The summed E-state index contributed by atoms with van der Waals surface area (Å²) in [6.45, 7) is 7.94. The number of aryl methyl sites for hydroxylation is 1. The molecule has 3 heterocycles. The Balaban J connectivity index is 1.83. The monoisotopic (exact) mass is 298 g/mol. The Morgan fingerprint density at radius 3 is 2.77 bits per heavy atom. The maximum absolute atomic E-state index is 4.72. The van der Waals surface area contributed by atoms with E-state index in [9.17, 15) is 0 Å². The smallest absolute Gasteiger partial charge is 0.224 e. The van der Waals surface area contributed by atoms with Crippen molar-refractivity contribution in [2.45, 2.75) is 40.3 Å². The molecule has 0 radical (unpaired) electrons. The van der Waals surface area contributed by atoms with Crippen molar-refractivity contribution in [3.8, 4) is 0 Å². The standard InChI is InChI=1S/C16H22N6/c1-10(2)5-14-18-7-12-8-22(9-13(12)20-14)15-6-11(3)19-16(17-4)21-15/h6-7,10H,5,8-9H2,1-4H3,(H,17,19,21). The van der Waals surface area contributed by atoms with Crippen LogP contribution in [0.2, 0.25) is 0 Å². The van der Waals surface area contributed by atoms with Crippen LogP contribution < -0.4 is 10.2 Å². The van der Waals surface area contributed by atoms with Crippen LogP contribution in [0.1, 0.15) is 36.6 Å². The summed E-state index contributed by atoms with van der Waals surface area (Å²) in [5.41, 5.74) is 3.26. The molecule has 0 amide bonds. The molecule has 0 aromatic carbocycles. The molecular formula is C16H22N6. The molecule has 0 bridgehead atoms. The van der Waals surface area contributed by atoms with E-state index in [1.165, 1.54) is 5.56 Å². The Kier molecular flexibility index (Phi) is 3.92. The fourth-order valence-corrected chi connectivity index (χ4v) is 2.65. The van der Waals surface area contributed by atoms with Crippen LogP contribution in [0.5, 0.6) is 0 Å². The van der Waals surface area contributed by atoms with Gasteiger partial charge in [0.2, 0.25) is 5.95 Å². The maximum atomic E-state index is 4.72. The van der Waals surface area contributed by atoms with Gasteiger partial charge in [-0.3, -0.25) is 0 Å². The SMILES string of the molecule is CNc1nc(C)cc(N2Cc3cnc(CC(C)C)nc3C2)n1. The minimum absolute atomic E-state index is 0.568. The van der Waals surface area contributed by atoms with Gasteiger partial charge < -0.3 is 10.2 Å². The van der Waals surface area contributed by atoms with Crippen molar-refractivity contribution in [1.82, 2.24) is 19.9 Å². The molecule has 0 unspecified atom stereocenters. The van der Waals surface area contributed by atoms with E-state index in [2.05, 4.69) is 39.0 Å². The number of nitrogens with zero attached hydrogens (tertiary/aromatic N) is 5. The number of hydrogen-bond acceptors (Lipinski definition) is 6. The molecule has 1 N–H and O–H groups in total. The van der Waals surface area contributed by atoms with Gasteiger partial charge in [0.05, 0.1) is 12.2 Å². The van der Waals surface area contributed by atoms with Gasteiger partial charge in [-0.05, 0) is 12.8 Å². The molecule has 0 fully saturated rings. The van der Waals surface area contributed by atoms with E-state index in [0.717, 1.165) is 42.5 Å². The van der Waals surface area contributed by atoms with Crippen molar-refractivity contribution in [1.29, 1.82) is 0 Å². The number of aromatic nitrogens is 4. The highest BCUT2D eigenvalue weighted by atomic mass is 15.2. The molecule has 6 nitrogen and oxygen atoms in total. The van der Waals surface area contributed by atoms with Gasteiger partial charge in [-0.1, -0.05) is 13.8 Å². The third-order valence-corrected chi connectivity index (χ3v) is 3.69. The zero-order valence-corrected chi connectivity index (χ0v) is 13.6. The van der Waals surface area contributed by atoms with Crippen molar-refractivity contribution < 1.29 is 0 Å². The summed E-state index contributed by atoms with van der Waals surface area (Å²) in [5.74, 6) is 3.08. The molecule has 2 aromatic rings. The highest BCUT2D eigenvalue weighted by Crippen LogP contribution is 2.26. The summed E-state index contributed by atoms with van der Waals surface area (Å²) in [4.78, 5) is 20.3. The average Bonchev–Trinajstić information content (AvgIpc) is 2.89. The fraction of sp³-hybridized carbons (Fsp3) is 0.500. The third-order valence-electron chi connectivity index (χ3n) is 3.69. The van der Waals surface area contributed by atoms with Crippen LogP contribution in [0.3, 0.4) is 0 Å². The lowest BCUT2D eigenvalue weighted by molar-refractivity contribution is 0.617. The van der Waals surface area contributed by atoms with Crippen molar-refractivity contribution in [2.75, 3.05) is 17.3 Å². The average molecular weight is 298 g/mol. The van der Waals surface area contributed by atoms with E-state index in [-0.39, 0.29) is 0 Å². The minimum atomic E-state index is 0.568. The first-order valence-electron chi connectivity index (χ1n) is 7.67. The number of anilines is 2. The van der Waals surface area contributed by atoms with E-state index >= 15 is 0 Å². The molecule has 22 heavy (non-hydrogen) atoms. The van der Waals surface area contributed by atoms with Crippen molar-refractivity contribution in [3.63, 3.8) is 0 Å². The summed E-state index contributed by atoms with van der Waals surface area (Å²) in [6, 6.07) is 2.01. The summed E-state index contributed by atoms with van der Waals surface area (Å²) in [7, 11) is 1.83. The summed E-state index contributed by atoms with van der Waals surface area (Å²) >= 11 is 0. The van der Waals surface area contributed by atoms with Gasteiger partial charge in [-0.15, -0.1) is 0 Å². The topological polar surface area (TPSA) is 66.8 Å². The van der Waals surface area contributed by atoms with E-state index < -0.39 is 0 Å². The second kappa shape index (κ2) is 5.87. The lowest BCUT2D eigenvalue weighted by Gasteiger charge is -2.17. The van der Waals surface area contributed by atoms with Gasteiger partial charge in [0.25, 0.3) is 0 Å². The van der Waals surface area contributed by atoms with E-state index in [1.807, 2.05) is 26.2 Å². The van der Waals surface area contributed by atoms with Crippen molar-refractivity contribution >= 4 is 11.8 Å². The first-order valence-corrected chi connectivity index (χ1v) is 7.67. The first-order chi connectivity index (χ1) is 10.5. The van der Waals surface area contributed by atoms with Gasteiger partial charge in [-0.2, -0.15) is 4.98 Å². The predicted molar refractivity (Wildman–Crippen MR) is 86.8 cm³/mol. The van der Waals surface area contributed by atoms with Crippen LogP contribution in [-0.2, 0) is 19.5 Å². The highest BCUT2D eigenvalue weighted by molar-refractivity contribution is 5.48. The lowest BCUT2D eigenvalue weighted by Crippen LogP contribution is -2.17. The van der Waals surface area contributed by atoms with Crippen molar-refractivity contribution in [2.24, 2.45) is 5.92 Å². The molecule has 1 aliphatic rings. The van der Waals surface area contributed by atoms with Gasteiger partial charge in [0.15, 0.2) is 0 Å². The summed E-state index contributed by atoms with van der Waals surface area (Å²) in [5, 5.41) is 3.01. The molecular weight excluding hydrogens is 276 g/mol. The minimum Gasteiger partial charge on any atom is -0.357 e. The highest BCUT2D eigenvalue weighted by Gasteiger charge is 2.23. The van der Waals surface area contributed by atoms with Crippen LogP contribution in [-0.4, -0.2) is 27.0 Å². The van der Waals surface area contributed by atoms with Crippen LogP contribution in [0, 0.1) is 12.8 Å². The number of nitrogens with one attached hydrogen (secondary N) is 1. The van der Waals surface area contributed by atoms with E-state index in [4.69, 9.17) is 4.98 Å². The third kappa shape index (κ3) is 3.00. The van der Waals surface area contributed by atoms with Crippen LogP contribution in [0.15, 0.2) is 12.3 Å². The molecule has 0 saturated heterocycles. The Bertz CT molecular complexity index is 682. The molecule has 6 heteroatoms. The van der Waals surface area contributed by atoms with Crippen LogP contribution >= 0.6 is 0 Å². The first kappa shape index (κ1) is 14.7. The maximum Gasteiger partial charge on any atom is 0.224 e. The molecule has 0 atom stereocenters. The van der Waals surface area contributed by atoms with Crippen LogP contribution in [0.25, 0.3) is 0 Å². The van der Waals surface area contributed by atoms with E-state index in [1.54, 1.807) is 0 Å². The van der Waals surface area contributed by atoms with Crippen molar-refractivity contribution in [3.05, 3.63) is 35.0 Å². The summed E-state index contributed by atoms with van der Waals surface area (Å²) in [6.07, 6.45) is 2.89. The van der Waals surface area contributed by atoms with E-state index in [0.29, 0.717) is 11.9 Å². The summed E-state index contributed by atoms with van der Waals surface area (Å²) < 4.78 is 0. The molecule has 116 valence electrons. The molecule has 0 saturated carbocycles. The Morgan fingerprint density at radius 2 is 2.05 bits per heavy atom. The normalized spacial score (nSPS) is 13.6. The quantitative estimate of drug-likeness (QED) is 0.934. The van der Waals surface area contributed by atoms with Gasteiger partial charge in [0.1, 0.15) is 11.6 Å². The Labute approximate surface area is 131 Å². The van der Waals surface area contributed by atoms with Gasteiger partial charge in [-0.25, -0.2) is 15.0 Å². The Hall–Kier alpha value is -2.24. The zero-order chi connectivity index (χ0) is 15.7. The van der Waals surface area contributed by atoms with Gasteiger partial charge >= 0.3 is 0 Å². The van der Waals surface area contributed by atoms with Crippen LogP contribution in [0.4, 0.5) is 11.8 Å². The molecule has 0 spiro atoms. The molecule has 0 aliphatic carbocycles. The number of fused-ring (bicyclic) bond motifs is 1. The Morgan fingerprint density at radius 1 is 1.23 bits per heavy atom. The number of rotatable bonds is 4. The molecule has 3 rings (SSSR count). The predicted octanol–water partition coefficient (Wildman–Crippen LogP) is 2.34. The fourth-order valence-electron chi connectivity index (χ4n) is 2.65. The largest absolute Gasteiger partial charge is 0.357 e. The second-order valence-electron chi connectivity index (χ2n) is 6.15. The lowest BCUT2D eigenvalue weighted by atomic mass is 10.1.